The zero-order valence-corrected chi connectivity index (χ0v) is 14.7. The predicted molar refractivity (Wildman–Crippen MR) is 97.2 cm³/mol. The summed E-state index contributed by atoms with van der Waals surface area (Å²) in [5.41, 5.74) is 5.48. The van der Waals surface area contributed by atoms with Crippen LogP contribution in [-0.4, -0.2) is 25.8 Å². The summed E-state index contributed by atoms with van der Waals surface area (Å²) in [5.74, 6) is 1.56. The molecular weight excluding hydrogens is 316 g/mol. The lowest BCUT2D eigenvalue weighted by Gasteiger charge is -2.09. The molecule has 2 atom stereocenters. The highest BCUT2D eigenvalue weighted by Crippen LogP contribution is 2.47. The number of amides is 1. The van der Waals surface area contributed by atoms with Crippen LogP contribution in [0.25, 0.3) is 0 Å². The number of hydrogen-bond acceptors (Lipinski definition) is 4. The van der Waals surface area contributed by atoms with E-state index >= 15 is 0 Å². The van der Waals surface area contributed by atoms with Gasteiger partial charge in [-0.25, -0.2) is 5.43 Å². The third-order valence-corrected chi connectivity index (χ3v) is 4.49. The number of benzene rings is 2. The molecule has 0 saturated heterocycles. The van der Waals surface area contributed by atoms with E-state index in [2.05, 4.69) is 22.7 Å². The average molecular weight is 338 g/mol. The lowest BCUT2D eigenvalue weighted by Crippen LogP contribution is -2.21. The van der Waals surface area contributed by atoms with E-state index in [0.29, 0.717) is 23.1 Å². The molecule has 0 heterocycles. The molecular formula is C20H22N2O3. The molecule has 2 aromatic carbocycles. The Morgan fingerprint density at radius 1 is 1.08 bits per heavy atom. The van der Waals surface area contributed by atoms with E-state index < -0.39 is 0 Å². The van der Waals surface area contributed by atoms with E-state index in [1.807, 2.05) is 43.3 Å². The summed E-state index contributed by atoms with van der Waals surface area (Å²) in [7, 11) is 3.18. The van der Waals surface area contributed by atoms with Gasteiger partial charge in [0.15, 0.2) is 11.5 Å². The number of nitrogens with zero attached hydrogens (tertiary/aromatic N) is 1. The maximum atomic E-state index is 12.3. The van der Waals surface area contributed by atoms with Gasteiger partial charge >= 0.3 is 0 Å². The van der Waals surface area contributed by atoms with Gasteiger partial charge in [-0.3, -0.25) is 4.79 Å². The monoisotopic (exact) mass is 338 g/mol. The van der Waals surface area contributed by atoms with Gasteiger partial charge in [-0.05, 0) is 43.0 Å². The van der Waals surface area contributed by atoms with Gasteiger partial charge in [-0.1, -0.05) is 30.3 Å². The summed E-state index contributed by atoms with van der Waals surface area (Å²) >= 11 is 0. The van der Waals surface area contributed by atoms with Gasteiger partial charge < -0.3 is 9.47 Å². The van der Waals surface area contributed by atoms with Crippen molar-refractivity contribution in [2.75, 3.05) is 14.2 Å². The van der Waals surface area contributed by atoms with Crippen LogP contribution in [-0.2, 0) is 4.79 Å². The maximum absolute atomic E-state index is 12.3. The molecule has 0 spiro atoms. The Labute approximate surface area is 147 Å². The average Bonchev–Trinajstić information content (AvgIpc) is 3.47. The fourth-order valence-corrected chi connectivity index (χ4v) is 2.90. The normalized spacial score (nSPS) is 19.2. The molecule has 0 aliphatic heterocycles. The second kappa shape index (κ2) is 7.38. The van der Waals surface area contributed by atoms with E-state index in [1.54, 1.807) is 14.2 Å². The molecule has 5 nitrogen and oxygen atoms in total. The third-order valence-electron chi connectivity index (χ3n) is 4.49. The molecule has 1 N–H and O–H groups in total. The highest BCUT2D eigenvalue weighted by atomic mass is 16.5. The van der Waals surface area contributed by atoms with Crippen molar-refractivity contribution in [3.8, 4) is 11.5 Å². The molecule has 0 aromatic heterocycles. The van der Waals surface area contributed by atoms with Gasteiger partial charge in [0.1, 0.15) is 0 Å². The van der Waals surface area contributed by atoms with Gasteiger partial charge in [0.2, 0.25) is 5.91 Å². The van der Waals surface area contributed by atoms with Crippen molar-refractivity contribution in [1.29, 1.82) is 0 Å². The molecule has 1 fully saturated rings. The minimum Gasteiger partial charge on any atom is -0.493 e. The topological polar surface area (TPSA) is 59.9 Å². The van der Waals surface area contributed by atoms with Crippen LogP contribution in [0.5, 0.6) is 11.5 Å². The Bertz CT molecular complexity index is 787. The van der Waals surface area contributed by atoms with Crippen molar-refractivity contribution in [2.24, 2.45) is 11.0 Å². The SMILES string of the molecule is COc1ccc(C(C)=NNC(=O)[C@@H]2C[C@H]2c2ccccc2)cc1OC. The summed E-state index contributed by atoms with van der Waals surface area (Å²) in [6.07, 6.45) is 0.876. The zero-order valence-electron chi connectivity index (χ0n) is 14.7. The number of carbonyl (C=O) groups excluding carboxylic acids is 1. The second-order valence-corrected chi connectivity index (χ2v) is 6.10. The molecule has 25 heavy (non-hydrogen) atoms. The molecule has 3 rings (SSSR count). The summed E-state index contributed by atoms with van der Waals surface area (Å²) in [5, 5.41) is 4.24. The Morgan fingerprint density at radius 3 is 2.48 bits per heavy atom. The van der Waals surface area contributed by atoms with Crippen LogP contribution in [0.4, 0.5) is 0 Å². The molecule has 1 amide bonds. The summed E-state index contributed by atoms with van der Waals surface area (Å²) in [6.45, 7) is 1.85. The predicted octanol–water partition coefficient (Wildman–Crippen LogP) is 3.35. The van der Waals surface area contributed by atoms with Crippen molar-refractivity contribution < 1.29 is 14.3 Å². The molecule has 2 aromatic rings. The molecule has 1 aliphatic carbocycles. The van der Waals surface area contributed by atoms with E-state index in [1.165, 1.54) is 5.56 Å². The third kappa shape index (κ3) is 3.82. The van der Waals surface area contributed by atoms with Crippen molar-refractivity contribution in [2.45, 2.75) is 19.3 Å². The van der Waals surface area contributed by atoms with Crippen LogP contribution >= 0.6 is 0 Å². The van der Waals surface area contributed by atoms with Crippen molar-refractivity contribution in [1.82, 2.24) is 5.43 Å². The van der Waals surface area contributed by atoms with Gasteiger partial charge in [-0.2, -0.15) is 5.10 Å². The van der Waals surface area contributed by atoms with Gasteiger partial charge in [-0.15, -0.1) is 0 Å². The molecule has 1 saturated carbocycles. The largest absolute Gasteiger partial charge is 0.493 e. The Hall–Kier alpha value is -2.82. The van der Waals surface area contributed by atoms with Crippen LogP contribution < -0.4 is 14.9 Å². The quantitative estimate of drug-likeness (QED) is 0.649. The minimum atomic E-state index is -0.0336. The van der Waals surface area contributed by atoms with E-state index in [4.69, 9.17) is 9.47 Å². The van der Waals surface area contributed by atoms with E-state index in [-0.39, 0.29) is 11.8 Å². The smallest absolute Gasteiger partial charge is 0.243 e. The number of methoxy groups -OCH3 is 2. The van der Waals surface area contributed by atoms with E-state index in [9.17, 15) is 4.79 Å². The zero-order chi connectivity index (χ0) is 17.8. The molecule has 130 valence electrons. The first kappa shape index (κ1) is 17.0. The summed E-state index contributed by atoms with van der Waals surface area (Å²) in [4.78, 5) is 12.3. The first-order valence-electron chi connectivity index (χ1n) is 8.25. The molecule has 1 aliphatic rings. The highest BCUT2D eigenvalue weighted by Gasteiger charge is 2.43. The Balaban J connectivity index is 1.63. The molecule has 0 bridgehead atoms. The van der Waals surface area contributed by atoms with Gasteiger partial charge in [0.25, 0.3) is 0 Å². The lowest BCUT2D eigenvalue weighted by molar-refractivity contribution is -0.122. The molecule has 0 radical (unpaired) electrons. The van der Waals surface area contributed by atoms with Crippen LogP contribution in [0, 0.1) is 5.92 Å². The number of carbonyl (C=O) groups is 1. The maximum Gasteiger partial charge on any atom is 0.243 e. The minimum absolute atomic E-state index is 0.00403. The lowest BCUT2D eigenvalue weighted by atomic mass is 10.1. The summed E-state index contributed by atoms with van der Waals surface area (Å²) < 4.78 is 10.5. The number of ether oxygens (including phenoxy) is 2. The Morgan fingerprint density at radius 2 is 1.80 bits per heavy atom. The van der Waals surface area contributed by atoms with E-state index in [0.717, 1.165) is 12.0 Å². The molecule has 0 unspecified atom stereocenters. The molecule has 5 heteroatoms. The van der Waals surface area contributed by atoms with Crippen LogP contribution in [0.2, 0.25) is 0 Å². The fourth-order valence-electron chi connectivity index (χ4n) is 2.90. The van der Waals surface area contributed by atoms with Gasteiger partial charge in [0.05, 0.1) is 19.9 Å². The second-order valence-electron chi connectivity index (χ2n) is 6.10. The van der Waals surface area contributed by atoms with Crippen LogP contribution in [0.15, 0.2) is 53.6 Å². The highest BCUT2D eigenvalue weighted by molar-refractivity contribution is 6.00. The number of rotatable bonds is 6. The van der Waals surface area contributed by atoms with Gasteiger partial charge in [0, 0.05) is 11.5 Å². The van der Waals surface area contributed by atoms with Crippen molar-refractivity contribution in [3.05, 3.63) is 59.7 Å². The number of hydrogen-bond donors (Lipinski definition) is 1. The standard InChI is InChI=1S/C20H22N2O3/c1-13(15-9-10-18(24-2)19(11-15)25-3)21-22-20(23)17-12-16(17)14-7-5-4-6-8-14/h4-11,16-17H,12H2,1-3H3,(H,22,23)/t16-,17+/m0/s1. The Kier molecular flexibility index (Phi) is 5.03. The number of nitrogens with one attached hydrogen (secondary N) is 1. The van der Waals surface area contributed by atoms with Crippen LogP contribution in [0.3, 0.4) is 0 Å². The first-order chi connectivity index (χ1) is 12.1. The first-order valence-corrected chi connectivity index (χ1v) is 8.25. The van der Waals surface area contributed by atoms with Crippen molar-refractivity contribution in [3.63, 3.8) is 0 Å². The van der Waals surface area contributed by atoms with Crippen LogP contribution in [0.1, 0.15) is 30.4 Å². The van der Waals surface area contributed by atoms with Crippen molar-refractivity contribution >= 4 is 11.6 Å². The fraction of sp³-hybridized carbons (Fsp3) is 0.300. The number of hydrazone groups is 1. The summed E-state index contributed by atoms with van der Waals surface area (Å²) in [6, 6.07) is 15.7.